The summed E-state index contributed by atoms with van der Waals surface area (Å²) in [6.07, 6.45) is 0. The zero-order chi connectivity index (χ0) is 12.6. The fraction of sp³-hybridized carbons (Fsp3) is 0.143. The Hall–Kier alpha value is -0.830. The molecule has 0 atom stereocenters. The average molecular weight is 287 g/mol. The minimum atomic E-state index is -5.32. The van der Waals surface area contributed by atoms with Crippen LogP contribution in [0, 0.1) is 6.92 Å². The summed E-state index contributed by atoms with van der Waals surface area (Å²) >= 11 is 5.57. The fourth-order valence-corrected chi connectivity index (χ4v) is 1.94. The quantitative estimate of drug-likeness (QED) is 0.661. The topological polar surface area (TPSA) is 97.7 Å². The van der Waals surface area contributed by atoms with Gasteiger partial charge in [-0.3, -0.25) is 4.55 Å². The van der Waals surface area contributed by atoms with Crippen molar-refractivity contribution in [3.8, 4) is 5.75 Å². The second-order valence-electron chi connectivity index (χ2n) is 2.83. The van der Waals surface area contributed by atoms with Gasteiger partial charge >= 0.3 is 18.3 Å². The predicted octanol–water partition coefficient (Wildman–Crippen LogP) is 1.16. The van der Waals surface area contributed by atoms with Crippen LogP contribution >= 0.6 is 11.6 Å². The zero-order valence-corrected chi connectivity index (χ0v) is 10.3. The van der Waals surface area contributed by atoms with Crippen LogP contribution < -0.4 is 4.18 Å². The molecule has 0 aliphatic carbocycles. The van der Waals surface area contributed by atoms with Crippen LogP contribution in [0.2, 0.25) is 5.02 Å². The normalized spacial score (nSPS) is 12.4. The van der Waals surface area contributed by atoms with Gasteiger partial charge in [0.25, 0.3) is 0 Å². The standard InChI is InChI=1S/C7H7ClO6S2/c1-5-2-3-6(8)4-7(5)14-16(12,13)15(9,10)11/h2-4H,1H3,(H,9,10,11). The molecule has 0 amide bonds. The smallest absolute Gasteiger partial charge is 0.369 e. The first-order valence-electron chi connectivity index (χ1n) is 3.81. The van der Waals surface area contributed by atoms with E-state index in [0.717, 1.165) is 6.07 Å². The van der Waals surface area contributed by atoms with Gasteiger partial charge in [0.2, 0.25) is 0 Å². The van der Waals surface area contributed by atoms with E-state index in [4.69, 9.17) is 16.2 Å². The first-order valence-corrected chi connectivity index (χ1v) is 7.56. The number of hydrogen-bond acceptors (Lipinski definition) is 5. The molecule has 1 N–H and O–H groups in total. The Morgan fingerprint density at radius 3 is 2.31 bits per heavy atom. The van der Waals surface area contributed by atoms with Crippen LogP contribution in [0.4, 0.5) is 0 Å². The molecule has 0 radical (unpaired) electrons. The molecule has 90 valence electrons. The number of aryl methyl sites for hydroxylation is 1. The monoisotopic (exact) mass is 286 g/mol. The van der Waals surface area contributed by atoms with Gasteiger partial charge in [-0.2, -0.15) is 16.8 Å². The Bertz CT molecular complexity index is 604. The van der Waals surface area contributed by atoms with Crippen LogP contribution in [-0.4, -0.2) is 21.4 Å². The first-order chi connectivity index (χ1) is 7.13. The maximum Gasteiger partial charge on any atom is 0.444 e. The molecule has 9 heteroatoms. The highest BCUT2D eigenvalue weighted by molar-refractivity contribution is 8.63. The highest BCUT2D eigenvalue weighted by atomic mass is 35.5. The van der Waals surface area contributed by atoms with Gasteiger partial charge in [-0.1, -0.05) is 17.7 Å². The zero-order valence-electron chi connectivity index (χ0n) is 7.91. The first kappa shape index (κ1) is 13.2. The Kier molecular flexibility index (Phi) is 3.48. The van der Waals surface area contributed by atoms with Crippen LogP contribution in [0.25, 0.3) is 0 Å². The maximum atomic E-state index is 11.0. The van der Waals surface area contributed by atoms with Crippen LogP contribution in [0.15, 0.2) is 18.2 Å². The van der Waals surface area contributed by atoms with E-state index in [1.54, 1.807) is 0 Å². The van der Waals surface area contributed by atoms with Crippen LogP contribution in [-0.2, 0) is 18.3 Å². The van der Waals surface area contributed by atoms with E-state index in [1.165, 1.54) is 19.1 Å². The van der Waals surface area contributed by atoms with Crippen molar-refractivity contribution in [1.29, 1.82) is 0 Å². The van der Waals surface area contributed by atoms with Gasteiger partial charge in [0.15, 0.2) is 0 Å². The van der Waals surface area contributed by atoms with E-state index >= 15 is 0 Å². The molecule has 0 saturated heterocycles. The fourth-order valence-electron chi connectivity index (χ4n) is 0.817. The molecule has 6 nitrogen and oxygen atoms in total. The molecular formula is C7H7ClO6S2. The second kappa shape index (κ2) is 4.21. The Morgan fingerprint density at radius 2 is 1.81 bits per heavy atom. The molecule has 0 aliphatic heterocycles. The number of benzene rings is 1. The number of hydrogen-bond donors (Lipinski definition) is 1. The molecule has 1 rings (SSSR count). The Balaban J connectivity index is 3.21. The van der Waals surface area contributed by atoms with Gasteiger partial charge in [0, 0.05) is 11.1 Å². The minimum absolute atomic E-state index is 0.172. The maximum absolute atomic E-state index is 11.0. The summed E-state index contributed by atoms with van der Waals surface area (Å²) in [5.74, 6) is -0.259. The molecule has 0 saturated carbocycles. The van der Waals surface area contributed by atoms with E-state index in [-0.39, 0.29) is 10.8 Å². The number of halogens is 1. The Labute approximate surface area is 97.1 Å². The summed E-state index contributed by atoms with van der Waals surface area (Å²) in [6, 6.07) is 4.04. The van der Waals surface area contributed by atoms with Gasteiger partial charge in [0.05, 0.1) is 0 Å². The molecule has 16 heavy (non-hydrogen) atoms. The molecule has 0 spiro atoms. The van der Waals surface area contributed by atoms with Crippen molar-refractivity contribution in [2.45, 2.75) is 6.92 Å². The summed E-state index contributed by atoms with van der Waals surface area (Å²) in [7, 11) is -10.4. The highest BCUT2D eigenvalue weighted by Crippen LogP contribution is 2.24. The average Bonchev–Trinajstić information content (AvgIpc) is 2.09. The lowest BCUT2D eigenvalue weighted by Crippen LogP contribution is -2.20. The molecule has 0 fully saturated rings. The summed E-state index contributed by atoms with van der Waals surface area (Å²) in [6.45, 7) is 1.49. The van der Waals surface area contributed by atoms with Crippen LogP contribution in [0.5, 0.6) is 5.75 Å². The molecule has 1 aromatic rings. The van der Waals surface area contributed by atoms with Crippen molar-refractivity contribution in [3.05, 3.63) is 28.8 Å². The lowest BCUT2D eigenvalue weighted by atomic mass is 10.2. The van der Waals surface area contributed by atoms with Gasteiger partial charge in [0.1, 0.15) is 5.75 Å². The van der Waals surface area contributed by atoms with Crippen LogP contribution in [0.3, 0.4) is 0 Å². The van der Waals surface area contributed by atoms with Crippen molar-refractivity contribution >= 4 is 29.9 Å². The second-order valence-corrected chi connectivity index (χ2v) is 7.59. The molecule has 0 aliphatic rings. The van der Waals surface area contributed by atoms with Crippen molar-refractivity contribution in [1.82, 2.24) is 0 Å². The summed E-state index contributed by atoms with van der Waals surface area (Å²) in [5.41, 5.74) is 0.358. The lowest BCUT2D eigenvalue weighted by Gasteiger charge is -2.07. The minimum Gasteiger partial charge on any atom is -0.369 e. The van der Waals surface area contributed by atoms with E-state index < -0.39 is 18.3 Å². The van der Waals surface area contributed by atoms with Gasteiger partial charge in [-0.15, -0.1) is 0 Å². The van der Waals surface area contributed by atoms with Crippen molar-refractivity contribution in [2.75, 3.05) is 0 Å². The lowest BCUT2D eigenvalue weighted by molar-refractivity contribution is 0.462. The van der Waals surface area contributed by atoms with E-state index in [2.05, 4.69) is 4.18 Å². The highest BCUT2D eigenvalue weighted by Gasteiger charge is 2.30. The number of rotatable bonds is 3. The molecule has 0 heterocycles. The third kappa shape index (κ3) is 2.85. The van der Waals surface area contributed by atoms with Gasteiger partial charge < -0.3 is 4.18 Å². The Morgan fingerprint density at radius 1 is 1.25 bits per heavy atom. The van der Waals surface area contributed by atoms with Gasteiger partial charge in [-0.25, -0.2) is 0 Å². The van der Waals surface area contributed by atoms with E-state index in [0.29, 0.717) is 5.56 Å². The van der Waals surface area contributed by atoms with Crippen molar-refractivity contribution < 1.29 is 25.6 Å². The van der Waals surface area contributed by atoms with Gasteiger partial charge in [-0.05, 0) is 18.6 Å². The SMILES string of the molecule is Cc1ccc(Cl)cc1OS(=O)(=O)S(=O)(=O)O. The third-order valence-corrected chi connectivity index (χ3v) is 4.49. The van der Waals surface area contributed by atoms with E-state index in [1.807, 2.05) is 0 Å². The van der Waals surface area contributed by atoms with Crippen LogP contribution in [0.1, 0.15) is 5.56 Å². The molecule has 0 aromatic heterocycles. The summed E-state index contributed by atoms with van der Waals surface area (Å²) < 4.78 is 55.5. The third-order valence-electron chi connectivity index (χ3n) is 1.60. The molecular weight excluding hydrogens is 280 g/mol. The summed E-state index contributed by atoms with van der Waals surface area (Å²) in [5, 5.41) is 0.172. The van der Waals surface area contributed by atoms with Crippen molar-refractivity contribution in [3.63, 3.8) is 0 Å². The predicted molar refractivity (Wildman–Crippen MR) is 57.3 cm³/mol. The molecule has 0 unspecified atom stereocenters. The summed E-state index contributed by atoms with van der Waals surface area (Å²) in [4.78, 5) is 0. The van der Waals surface area contributed by atoms with E-state index in [9.17, 15) is 16.8 Å². The molecule has 0 bridgehead atoms. The van der Waals surface area contributed by atoms with Crippen molar-refractivity contribution in [2.24, 2.45) is 0 Å². The largest absolute Gasteiger partial charge is 0.444 e. The molecule has 1 aromatic carbocycles.